The third kappa shape index (κ3) is 4.72. The lowest BCUT2D eigenvalue weighted by atomic mass is 9.82. The summed E-state index contributed by atoms with van der Waals surface area (Å²) in [7, 11) is 0. The van der Waals surface area contributed by atoms with Crippen LogP contribution in [0.1, 0.15) is 35.9 Å². The summed E-state index contributed by atoms with van der Waals surface area (Å²) in [6, 6.07) is 36.0. The SMILES string of the molecule is [2H]c1c([2H])c([2H])c2c(c1[2H])c1c([2H])c([2H])c([2H])c([2H])c1n2-c1cc(-c2nc(-c3ccccc3)nc(-c3ccc4c(c3)-c3ccccc3C4(C)C)n2)ccc1-c1ccccc1. The normalized spacial score (nSPS) is 15.1. The maximum atomic E-state index is 9.20. The van der Waals surface area contributed by atoms with Gasteiger partial charge >= 0.3 is 0 Å². The van der Waals surface area contributed by atoms with Crippen molar-refractivity contribution in [1.29, 1.82) is 0 Å². The van der Waals surface area contributed by atoms with E-state index in [1.165, 1.54) is 16.7 Å². The van der Waals surface area contributed by atoms with Crippen molar-refractivity contribution in [2.24, 2.45) is 0 Å². The first-order valence-electron chi connectivity index (χ1n) is 21.1. The predicted octanol–water partition coefficient (Wildman–Crippen LogP) is 11.9. The van der Waals surface area contributed by atoms with Crippen LogP contribution in [0.4, 0.5) is 0 Å². The van der Waals surface area contributed by atoms with E-state index in [1.807, 2.05) is 84.9 Å². The van der Waals surface area contributed by atoms with Gasteiger partial charge in [-0.3, -0.25) is 0 Å². The summed E-state index contributed by atoms with van der Waals surface area (Å²) in [5.41, 5.74) is 8.60. The highest BCUT2D eigenvalue weighted by Gasteiger charge is 2.35. The van der Waals surface area contributed by atoms with Crippen LogP contribution in [0.15, 0.2) is 170 Å². The minimum absolute atomic E-state index is 0.00240. The third-order valence-electron chi connectivity index (χ3n) is 10.1. The van der Waals surface area contributed by atoms with Crippen molar-refractivity contribution in [3.63, 3.8) is 0 Å². The van der Waals surface area contributed by atoms with Crippen LogP contribution in [0.25, 0.3) is 83.9 Å². The van der Waals surface area contributed by atoms with Crippen LogP contribution in [-0.2, 0) is 5.41 Å². The molecule has 0 radical (unpaired) electrons. The number of benzene rings is 7. The van der Waals surface area contributed by atoms with Gasteiger partial charge in [-0.2, -0.15) is 0 Å². The van der Waals surface area contributed by atoms with Gasteiger partial charge in [-0.25, -0.2) is 15.0 Å². The third-order valence-corrected chi connectivity index (χ3v) is 10.1. The summed E-state index contributed by atoms with van der Waals surface area (Å²) in [6.07, 6.45) is 0. The van der Waals surface area contributed by atoms with Crippen LogP contribution in [0.2, 0.25) is 0 Å². The van der Waals surface area contributed by atoms with Gasteiger partial charge in [0, 0.05) is 38.4 Å². The summed E-state index contributed by atoms with van der Waals surface area (Å²) < 4.78 is 72.5. The van der Waals surface area contributed by atoms with Crippen molar-refractivity contribution in [2.45, 2.75) is 19.3 Å². The maximum absolute atomic E-state index is 9.20. The molecule has 0 amide bonds. The highest BCUT2D eigenvalue weighted by molar-refractivity contribution is 6.09. The lowest BCUT2D eigenvalue weighted by molar-refractivity contribution is 0.660. The van der Waals surface area contributed by atoms with Crippen LogP contribution >= 0.6 is 0 Å². The number of hydrogen-bond acceptors (Lipinski definition) is 3. The van der Waals surface area contributed by atoms with Gasteiger partial charge < -0.3 is 4.57 Å². The Morgan fingerprint density at radius 2 is 0.981 bits per heavy atom. The average Bonchev–Trinajstić information content (AvgIpc) is 3.76. The highest BCUT2D eigenvalue weighted by Crippen LogP contribution is 2.49. The second-order valence-electron chi connectivity index (χ2n) is 13.5. The van der Waals surface area contributed by atoms with Gasteiger partial charge in [0.05, 0.1) is 27.7 Å². The van der Waals surface area contributed by atoms with Crippen molar-refractivity contribution in [3.05, 3.63) is 181 Å². The molecule has 7 aromatic carbocycles. The number of rotatable bonds is 5. The van der Waals surface area contributed by atoms with E-state index in [-0.39, 0.29) is 39.3 Å². The second-order valence-corrected chi connectivity index (χ2v) is 13.5. The van der Waals surface area contributed by atoms with Gasteiger partial charge in [0.25, 0.3) is 0 Å². The molecule has 0 fully saturated rings. The summed E-state index contributed by atoms with van der Waals surface area (Å²) in [4.78, 5) is 15.1. The Labute approximate surface area is 314 Å². The van der Waals surface area contributed by atoms with Gasteiger partial charge in [-0.15, -0.1) is 0 Å². The first kappa shape index (κ1) is 22.9. The average molecular weight is 675 g/mol. The van der Waals surface area contributed by atoms with E-state index in [2.05, 4.69) is 50.2 Å². The fourth-order valence-corrected chi connectivity index (χ4v) is 7.59. The Kier molecular flexibility index (Phi) is 5.17. The molecule has 1 aliphatic carbocycles. The van der Waals surface area contributed by atoms with Crippen LogP contribution in [-0.4, -0.2) is 19.5 Å². The quantitative estimate of drug-likeness (QED) is 0.182. The standard InChI is InChI=1S/C48H34N4/c1-48(2)40-22-12-9-19-36(40)39-29-33(26-28-41(39)48)46-49-45(32-17-7-4-8-18-32)50-47(51-46)34-25-27-35(31-15-5-3-6-16-31)44(30-34)52-42-23-13-10-20-37(42)38-21-11-14-24-43(38)52/h3-30H,1-2H3/i10D,11D,13D,14D,20D,21D,23D,24D. The molecular weight excluding hydrogens is 633 g/mol. The lowest BCUT2D eigenvalue weighted by Crippen LogP contribution is -2.14. The molecule has 4 heteroatoms. The van der Waals surface area contributed by atoms with Crippen molar-refractivity contribution < 1.29 is 11.0 Å². The van der Waals surface area contributed by atoms with Gasteiger partial charge in [-0.1, -0.05) is 159 Å². The molecule has 0 spiro atoms. The minimum Gasteiger partial charge on any atom is -0.309 e. The molecule has 0 saturated heterocycles. The van der Waals surface area contributed by atoms with E-state index >= 15 is 0 Å². The molecule has 0 saturated carbocycles. The Bertz CT molecular complexity index is 3200. The number of aromatic nitrogens is 4. The predicted molar refractivity (Wildman–Crippen MR) is 213 cm³/mol. The van der Waals surface area contributed by atoms with Crippen molar-refractivity contribution in [2.75, 3.05) is 0 Å². The van der Waals surface area contributed by atoms with Crippen LogP contribution in [0.5, 0.6) is 0 Å². The number of hydrogen-bond donors (Lipinski definition) is 0. The second kappa shape index (κ2) is 11.7. The van der Waals surface area contributed by atoms with Gasteiger partial charge in [0.15, 0.2) is 17.5 Å². The van der Waals surface area contributed by atoms with Crippen molar-refractivity contribution >= 4 is 21.8 Å². The molecule has 52 heavy (non-hydrogen) atoms. The monoisotopic (exact) mass is 674 g/mol. The number of nitrogens with zero attached hydrogens (tertiary/aromatic N) is 4. The maximum Gasteiger partial charge on any atom is 0.164 e. The molecule has 4 nitrogen and oxygen atoms in total. The van der Waals surface area contributed by atoms with Crippen molar-refractivity contribution in [3.8, 4) is 62.1 Å². The zero-order valence-corrected chi connectivity index (χ0v) is 28.3. The molecule has 1 aliphatic rings. The summed E-state index contributed by atoms with van der Waals surface area (Å²) in [5, 5.41) is 0.00479. The van der Waals surface area contributed by atoms with Gasteiger partial charge in [-0.05, 0) is 52.0 Å². The lowest BCUT2D eigenvalue weighted by Gasteiger charge is -2.21. The molecule has 2 heterocycles. The molecule has 10 rings (SSSR count). The summed E-state index contributed by atoms with van der Waals surface area (Å²) in [5.74, 6) is 1.24. The Morgan fingerprint density at radius 3 is 1.65 bits per heavy atom. The first-order valence-corrected chi connectivity index (χ1v) is 17.1. The molecule has 0 N–H and O–H groups in total. The van der Waals surface area contributed by atoms with Crippen LogP contribution in [0.3, 0.4) is 0 Å². The Morgan fingerprint density at radius 1 is 0.462 bits per heavy atom. The smallest absolute Gasteiger partial charge is 0.164 e. The van der Waals surface area contributed by atoms with Crippen molar-refractivity contribution in [1.82, 2.24) is 19.5 Å². The van der Waals surface area contributed by atoms with Crippen LogP contribution in [0, 0.1) is 0 Å². The molecule has 0 unspecified atom stereocenters. The molecule has 0 aliphatic heterocycles. The fraction of sp³-hybridized carbons (Fsp3) is 0.0625. The largest absolute Gasteiger partial charge is 0.309 e. The highest BCUT2D eigenvalue weighted by atomic mass is 15.0. The number of para-hydroxylation sites is 2. The molecule has 246 valence electrons. The Hall–Kier alpha value is -6.65. The summed E-state index contributed by atoms with van der Waals surface area (Å²) in [6.45, 7) is 4.46. The zero-order chi connectivity index (χ0) is 41.8. The minimum atomic E-state index is -0.499. The van der Waals surface area contributed by atoms with E-state index in [9.17, 15) is 2.74 Å². The molecular formula is C48H34N4. The molecule has 9 aromatic rings. The van der Waals surface area contributed by atoms with E-state index < -0.39 is 36.3 Å². The van der Waals surface area contributed by atoms with E-state index in [0.717, 1.165) is 22.3 Å². The fourth-order valence-electron chi connectivity index (χ4n) is 7.59. The molecule has 0 bridgehead atoms. The van der Waals surface area contributed by atoms with E-state index in [4.69, 9.17) is 23.2 Å². The molecule has 2 aromatic heterocycles. The zero-order valence-electron chi connectivity index (χ0n) is 36.3. The molecule has 0 atom stereocenters. The topological polar surface area (TPSA) is 43.6 Å². The van der Waals surface area contributed by atoms with Gasteiger partial charge in [0.2, 0.25) is 0 Å². The Balaban J connectivity index is 1.28. The number of fused-ring (bicyclic) bond motifs is 6. The summed E-state index contributed by atoms with van der Waals surface area (Å²) >= 11 is 0. The van der Waals surface area contributed by atoms with Crippen LogP contribution < -0.4 is 0 Å². The van der Waals surface area contributed by atoms with Gasteiger partial charge in [0.1, 0.15) is 0 Å². The van der Waals surface area contributed by atoms with E-state index in [1.54, 1.807) is 4.57 Å². The first-order chi connectivity index (χ1) is 28.9. The van der Waals surface area contributed by atoms with E-state index in [0.29, 0.717) is 34.3 Å².